The summed E-state index contributed by atoms with van der Waals surface area (Å²) in [5.41, 5.74) is 2.56. The number of carbonyl (C=O) groups is 1. The van der Waals surface area contributed by atoms with Crippen LogP contribution in [0.1, 0.15) is 28.3 Å². The van der Waals surface area contributed by atoms with Crippen LogP contribution in [-0.4, -0.2) is 62.0 Å². The molecule has 4 atom stereocenters. The van der Waals surface area contributed by atoms with Crippen molar-refractivity contribution >= 4 is 5.97 Å². The van der Waals surface area contributed by atoms with Gasteiger partial charge in [0.25, 0.3) is 0 Å². The van der Waals surface area contributed by atoms with Crippen molar-refractivity contribution in [1.29, 1.82) is 0 Å². The van der Waals surface area contributed by atoms with Crippen molar-refractivity contribution in [2.75, 3.05) is 27.8 Å². The van der Waals surface area contributed by atoms with Crippen LogP contribution in [-0.2, 0) is 4.74 Å². The van der Waals surface area contributed by atoms with Crippen molar-refractivity contribution in [3.63, 3.8) is 0 Å². The number of benzene rings is 1. The van der Waals surface area contributed by atoms with E-state index in [1.165, 1.54) is 12.7 Å². The molecular formula is C18H21NO5. The molecule has 2 aliphatic heterocycles. The molecule has 1 aromatic rings. The lowest BCUT2D eigenvalue weighted by Crippen LogP contribution is -2.50. The second kappa shape index (κ2) is 5.50. The first-order chi connectivity index (χ1) is 11.5. The van der Waals surface area contributed by atoms with Gasteiger partial charge in [-0.15, -0.1) is 0 Å². The molecule has 0 aromatic heterocycles. The molecule has 1 saturated heterocycles. The molecule has 4 rings (SSSR count). The average molecular weight is 331 g/mol. The Kier molecular flexibility index (Phi) is 3.54. The van der Waals surface area contributed by atoms with Crippen LogP contribution in [0.5, 0.6) is 11.5 Å². The first-order valence-electron chi connectivity index (χ1n) is 8.11. The molecule has 1 N–H and O–H groups in total. The molecule has 1 aromatic carbocycles. The number of aliphatic hydroxyl groups excluding tert-OH is 1. The van der Waals surface area contributed by atoms with Gasteiger partial charge in [0.1, 0.15) is 12.2 Å². The number of aliphatic hydroxyl groups is 1. The van der Waals surface area contributed by atoms with E-state index >= 15 is 0 Å². The lowest BCUT2D eigenvalue weighted by atomic mass is 9.73. The maximum atomic E-state index is 12.5. The Morgan fingerprint density at radius 2 is 1.96 bits per heavy atom. The van der Waals surface area contributed by atoms with Gasteiger partial charge < -0.3 is 19.3 Å². The Labute approximate surface area is 140 Å². The number of methoxy groups -OCH3 is 2. The molecular weight excluding hydrogens is 310 g/mol. The van der Waals surface area contributed by atoms with E-state index in [4.69, 9.17) is 14.2 Å². The van der Waals surface area contributed by atoms with Gasteiger partial charge in [0.2, 0.25) is 0 Å². The number of hydrogen-bond donors (Lipinski definition) is 1. The Morgan fingerprint density at radius 1 is 1.25 bits per heavy atom. The third-order valence-electron chi connectivity index (χ3n) is 5.40. The summed E-state index contributed by atoms with van der Waals surface area (Å²) in [4.78, 5) is 14.7. The summed E-state index contributed by atoms with van der Waals surface area (Å²) in [7, 11) is 5.18. The molecule has 3 aliphatic rings. The topological polar surface area (TPSA) is 68.2 Å². The Bertz CT molecular complexity index is 728. The largest absolute Gasteiger partial charge is 0.493 e. The molecule has 6 heteroatoms. The highest BCUT2D eigenvalue weighted by molar-refractivity contribution is 5.94. The van der Waals surface area contributed by atoms with Crippen LogP contribution in [0.4, 0.5) is 0 Å². The quantitative estimate of drug-likeness (QED) is 0.651. The number of rotatable bonds is 2. The number of likely N-dealkylation sites (tertiary alicyclic amines) is 1. The van der Waals surface area contributed by atoms with Crippen molar-refractivity contribution in [2.45, 2.75) is 30.6 Å². The van der Waals surface area contributed by atoms with Gasteiger partial charge in [0.05, 0.1) is 19.8 Å². The second-order valence-corrected chi connectivity index (χ2v) is 6.60. The Balaban J connectivity index is 1.90. The van der Waals surface area contributed by atoms with Crippen LogP contribution in [0.3, 0.4) is 0 Å². The number of nitrogens with zero attached hydrogens (tertiary/aromatic N) is 1. The summed E-state index contributed by atoms with van der Waals surface area (Å²) in [5.74, 6) is 0.540. The molecule has 0 saturated carbocycles. The fraction of sp³-hybridized carbons (Fsp3) is 0.500. The predicted molar refractivity (Wildman–Crippen MR) is 86.6 cm³/mol. The summed E-state index contributed by atoms with van der Waals surface area (Å²) >= 11 is 0. The van der Waals surface area contributed by atoms with Crippen molar-refractivity contribution in [3.8, 4) is 11.5 Å². The van der Waals surface area contributed by atoms with Gasteiger partial charge in [-0.05, 0) is 31.2 Å². The third-order valence-corrected chi connectivity index (χ3v) is 5.40. The zero-order valence-electron chi connectivity index (χ0n) is 14.0. The van der Waals surface area contributed by atoms with E-state index in [0.29, 0.717) is 17.1 Å². The molecule has 0 radical (unpaired) electrons. The van der Waals surface area contributed by atoms with E-state index in [-0.39, 0.29) is 12.0 Å². The molecule has 24 heavy (non-hydrogen) atoms. The van der Waals surface area contributed by atoms with E-state index in [9.17, 15) is 9.90 Å². The summed E-state index contributed by atoms with van der Waals surface area (Å²) in [5, 5.41) is 10.5. The minimum atomic E-state index is -0.780. The number of carbonyl (C=O) groups excluding carboxylic acids is 1. The normalized spacial score (nSPS) is 31.5. The Hall–Kier alpha value is -2.05. The maximum absolute atomic E-state index is 12.5. The smallest absolute Gasteiger partial charge is 0.338 e. The van der Waals surface area contributed by atoms with Crippen LogP contribution >= 0.6 is 0 Å². The molecule has 0 spiro atoms. The number of esters is 1. The van der Waals surface area contributed by atoms with Gasteiger partial charge in [0, 0.05) is 18.5 Å². The third kappa shape index (κ3) is 2.06. The molecule has 0 bridgehead atoms. The summed E-state index contributed by atoms with van der Waals surface area (Å²) in [6.07, 6.45) is 1.43. The number of fused-ring (bicyclic) bond motifs is 5. The van der Waals surface area contributed by atoms with Crippen LogP contribution in [0, 0.1) is 0 Å². The van der Waals surface area contributed by atoms with E-state index in [1.807, 2.05) is 12.1 Å². The van der Waals surface area contributed by atoms with Gasteiger partial charge in [0.15, 0.2) is 11.5 Å². The average Bonchev–Trinajstić information content (AvgIpc) is 2.94. The van der Waals surface area contributed by atoms with Crippen LogP contribution in [0.15, 0.2) is 23.8 Å². The van der Waals surface area contributed by atoms with Crippen molar-refractivity contribution in [2.24, 2.45) is 0 Å². The van der Waals surface area contributed by atoms with Gasteiger partial charge in [-0.3, -0.25) is 4.90 Å². The molecule has 128 valence electrons. The highest BCUT2D eigenvalue weighted by Gasteiger charge is 2.50. The molecule has 2 heterocycles. The first-order valence-corrected chi connectivity index (χ1v) is 8.11. The standard InChI is InChI=1S/C18H21NO5/c1-19-5-4-9-6-12(20)17-15(16(9)19)10-7-13(22-2)14(23-3)8-11(10)18(21)24-17/h6-8,12,15-17,20H,4-5H2,1-3H3. The van der Waals surface area contributed by atoms with Gasteiger partial charge in [-0.2, -0.15) is 0 Å². The van der Waals surface area contributed by atoms with E-state index in [0.717, 1.165) is 18.5 Å². The zero-order valence-corrected chi connectivity index (χ0v) is 14.0. The minimum Gasteiger partial charge on any atom is -0.493 e. The van der Waals surface area contributed by atoms with Crippen LogP contribution < -0.4 is 9.47 Å². The molecule has 0 amide bonds. The van der Waals surface area contributed by atoms with E-state index in [2.05, 4.69) is 11.9 Å². The second-order valence-electron chi connectivity index (χ2n) is 6.60. The fourth-order valence-corrected chi connectivity index (χ4v) is 4.29. The van der Waals surface area contributed by atoms with Crippen molar-refractivity contribution < 1.29 is 24.1 Å². The summed E-state index contributed by atoms with van der Waals surface area (Å²) in [6, 6.07) is 3.66. The Morgan fingerprint density at radius 3 is 2.67 bits per heavy atom. The maximum Gasteiger partial charge on any atom is 0.338 e. The van der Waals surface area contributed by atoms with E-state index in [1.54, 1.807) is 13.2 Å². The molecule has 1 fully saturated rings. The van der Waals surface area contributed by atoms with Crippen LogP contribution in [0.25, 0.3) is 0 Å². The lowest BCUT2D eigenvalue weighted by Gasteiger charge is -2.43. The highest BCUT2D eigenvalue weighted by Crippen LogP contribution is 2.48. The summed E-state index contributed by atoms with van der Waals surface area (Å²) in [6.45, 7) is 0.934. The van der Waals surface area contributed by atoms with Gasteiger partial charge in [-0.1, -0.05) is 11.6 Å². The SMILES string of the molecule is COc1cc2c(cc1OC)C1C(OC2=O)C(O)C=C2CCN(C)C21. The molecule has 6 nitrogen and oxygen atoms in total. The highest BCUT2D eigenvalue weighted by atomic mass is 16.6. The predicted octanol–water partition coefficient (Wildman–Crippen LogP) is 1.33. The van der Waals surface area contributed by atoms with Crippen molar-refractivity contribution in [3.05, 3.63) is 34.9 Å². The van der Waals surface area contributed by atoms with Gasteiger partial charge in [-0.25, -0.2) is 4.79 Å². The zero-order chi connectivity index (χ0) is 17.0. The lowest BCUT2D eigenvalue weighted by molar-refractivity contribution is -0.0337. The molecule has 1 aliphatic carbocycles. The monoisotopic (exact) mass is 331 g/mol. The van der Waals surface area contributed by atoms with E-state index < -0.39 is 18.2 Å². The molecule has 4 unspecified atom stereocenters. The minimum absolute atomic E-state index is 0.111. The number of hydrogen-bond acceptors (Lipinski definition) is 6. The summed E-state index contributed by atoms with van der Waals surface area (Å²) < 4.78 is 16.3. The van der Waals surface area contributed by atoms with Crippen molar-refractivity contribution in [1.82, 2.24) is 4.90 Å². The van der Waals surface area contributed by atoms with Gasteiger partial charge >= 0.3 is 5.97 Å². The fourth-order valence-electron chi connectivity index (χ4n) is 4.29. The number of likely N-dealkylation sites (N-methyl/N-ethyl adjacent to an activating group) is 1. The number of ether oxygens (including phenoxy) is 3. The first kappa shape index (κ1) is 15.5. The van der Waals surface area contributed by atoms with Crippen LogP contribution in [0.2, 0.25) is 0 Å².